The Morgan fingerprint density at radius 3 is 1.64 bits per heavy atom. The summed E-state index contributed by atoms with van der Waals surface area (Å²) in [5, 5.41) is 27.6. The first kappa shape index (κ1) is 36.2. The van der Waals surface area contributed by atoms with Crippen LogP contribution in [-0.2, 0) is 33.2 Å². The smallest absolute Gasteiger partial charge is 0.394 e. The van der Waals surface area contributed by atoms with E-state index in [-0.39, 0.29) is 33.0 Å². The molecule has 11 nitrogen and oxygen atoms in total. The van der Waals surface area contributed by atoms with Gasteiger partial charge in [0.1, 0.15) is 25.4 Å². The second-order valence-electron chi connectivity index (χ2n) is 8.67. The molecule has 39 heavy (non-hydrogen) atoms. The lowest BCUT2D eigenvalue weighted by molar-refractivity contribution is -0.518. The molecule has 1 saturated heterocycles. The monoisotopic (exact) mass is 591 g/mol. The SMILES string of the molecule is OCCOCC(O)COCC(F)(F)OC(F)(F)OC(F)(F)COCCOCC(O)COCCN1CCCCC1. The fraction of sp³-hybridized carbons (Fsp3) is 1.00. The molecule has 0 aromatic rings. The number of aliphatic hydroxyl groups excluding tert-OH is 3. The summed E-state index contributed by atoms with van der Waals surface area (Å²) in [6.07, 6.45) is -13.8. The Kier molecular flexibility index (Phi) is 17.9. The number of aliphatic hydroxyl groups is 3. The van der Waals surface area contributed by atoms with E-state index >= 15 is 0 Å². The molecule has 0 bridgehead atoms. The second kappa shape index (κ2) is 19.3. The number of alkyl halides is 6. The van der Waals surface area contributed by atoms with Crippen molar-refractivity contribution in [1.29, 1.82) is 0 Å². The molecule has 2 unspecified atom stereocenters. The van der Waals surface area contributed by atoms with E-state index in [1.54, 1.807) is 0 Å². The van der Waals surface area contributed by atoms with Crippen LogP contribution < -0.4 is 0 Å². The molecular weight excluding hydrogens is 552 g/mol. The van der Waals surface area contributed by atoms with Crippen molar-refractivity contribution in [3.63, 3.8) is 0 Å². The summed E-state index contributed by atoms with van der Waals surface area (Å²) in [5.74, 6) is 0. The highest BCUT2D eigenvalue weighted by Gasteiger charge is 2.52. The Labute approximate surface area is 222 Å². The zero-order valence-electron chi connectivity index (χ0n) is 21.6. The Balaban J connectivity index is 2.15. The van der Waals surface area contributed by atoms with E-state index in [2.05, 4.69) is 23.8 Å². The van der Waals surface area contributed by atoms with Gasteiger partial charge in [0.15, 0.2) is 0 Å². The normalized spacial score (nSPS) is 17.5. The van der Waals surface area contributed by atoms with Gasteiger partial charge in [0.05, 0.1) is 59.5 Å². The summed E-state index contributed by atoms with van der Waals surface area (Å²) >= 11 is 0. The van der Waals surface area contributed by atoms with Gasteiger partial charge in [-0.2, -0.15) is 17.6 Å². The Hall–Kier alpha value is -0.860. The van der Waals surface area contributed by atoms with E-state index in [4.69, 9.17) is 19.3 Å². The fourth-order valence-corrected chi connectivity index (χ4v) is 3.25. The third-order valence-corrected chi connectivity index (χ3v) is 4.93. The zero-order chi connectivity index (χ0) is 29.2. The van der Waals surface area contributed by atoms with Gasteiger partial charge in [0.2, 0.25) is 0 Å². The average molecular weight is 592 g/mol. The third-order valence-electron chi connectivity index (χ3n) is 4.93. The molecule has 0 radical (unpaired) electrons. The Morgan fingerprint density at radius 2 is 1.08 bits per heavy atom. The first-order chi connectivity index (χ1) is 18.3. The summed E-state index contributed by atoms with van der Waals surface area (Å²) in [4.78, 5) is 2.26. The minimum absolute atomic E-state index is 0.00495. The molecule has 0 spiro atoms. The number of hydrogen-bond acceptors (Lipinski definition) is 11. The van der Waals surface area contributed by atoms with Crippen molar-refractivity contribution >= 4 is 0 Å². The van der Waals surface area contributed by atoms with Crippen LogP contribution in [0.3, 0.4) is 0 Å². The number of hydrogen-bond donors (Lipinski definition) is 3. The van der Waals surface area contributed by atoms with Crippen molar-refractivity contribution in [2.45, 2.75) is 50.0 Å². The van der Waals surface area contributed by atoms with Crippen LogP contribution in [0, 0.1) is 0 Å². The van der Waals surface area contributed by atoms with E-state index in [1.807, 2.05) is 0 Å². The van der Waals surface area contributed by atoms with Crippen LogP contribution >= 0.6 is 0 Å². The molecule has 1 fully saturated rings. The van der Waals surface area contributed by atoms with Crippen LogP contribution in [-0.4, -0.2) is 143 Å². The molecule has 17 heteroatoms. The number of ether oxygens (including phenoxy) is 7. The van der Waals surface area contributed by atoms with E-state index in [0.29, 0.717) is 6.61 Å². The molecule has 1 heterocycles. The van der Waals surface area contributed by atoms with Gasteiger partial charge < -0.3 is 43.9 Å². The Bertz CT molecular complexity index is 620. The van der Waals surface area contributed by atoms with Gasteiger partial charge in [0, 0.05) is 6.54 Å². The maximum absolute atomic E-state index is 13.6. The van der Waals surface area contributed by atoms with Crippen molar-refractivity contribution in [1.82, 2.24) is 4.90 Å². The molecule has 0 saturated carbocycles. The Morgan fingerprint density at radius 1 is 0.615 bits per heavy atom. The number of halogens is 6. The van der Waals surface area contributed by atoms with Gasteiger partial charge in [-0.15, -0.1) is 8.78 Å². The average Bonchev–Trinajstić information content (AvgIpc) is 2.83. The summed E-state index contributed by atoms with van der Waals surface area (Å²) in [6.45, 7) is -2.92. The van der Waals surface area contributed by atoms with Crippen molar-refractivity contribution < 1.29 is 74.8 Å². The molecular formula is C22H39F6NO10. The molecule has 0 amide bonds. The number of piperidine rings is 1. The molecule has 0 aromatic carbocycles. The van der Waals surface area contributed by atoms with E-state index in [1.165, 1.54) is 6.42 Å². The molecule has 0 aliphatic carbocycles. The topological polar surface area (TPSA) is 129 Å². The lowest BCUT2D eigenvalue weighted by Crippen LogP contribution is -2.44. The lowest BCUT2D eigenvalue weighted by atomic mass is 10.1. The predicted octanol–water partition coefficient (Wildman–Crippen LogP) is 1.04. The van der Waals surface area contributed by atoms with E-state index in [9.17, 15) is 36.6 Å². The first-order valence-electron chi connectivity index (χ1n) is 12.5. The van der Waals surface area contributed by atoms with Crippen molar-refractivity contribution in [3.8, 4) is 0 Å². The van der Waals surface area contributed by atoms with Gasteiger partial charge in [-0.3, -0.25) is 0 Å². The summed E-state index contributed by atoms with van der Waals surface area (Å²) in [5.41, 5.74) is 0. The van der Waals surface area contributed by atoms with Gasteiger partial charge in [0.25, 0.3) is 0 Å². The lowest BCUT2D eigenvalue weighted by Gasteiger charge is -2.26. The quantitative estimate of drug-likeness (QED) is 0.0847. The van der Waals surface area contributed by atoms with Crippen molar-refractivity contribution in [2.24, 2.45) is 0 Å². The molecule has 1 aliphatic heterocycles. The van der Waals surface area contributed by atoms with Crippen molar-refractivity contribution in [3.05, 3.63) is 0 Å². The van der Waals surface area contributed by atoms with Gasteiger partial charge in [-0.05, 0) is 25.9 Å². The number of likely N-dealkylation sites (tertiary alicyclic amines) is 1. The summed E-state index contributed by atoms with van der Waals surface area (Å²) < 4.78 is 111. The highest BCUT2D eigenvalue weighted by atomic mass is 19.3. The minimum atomic E-state index is -5.42. The fourth-order valence-electron chi connectivity index (χ4n) is 3.25. The largest absolute Gasteiger partial charge is 0.495 e. The number of rotatable bonds is 24. The van der Waals surface area contributed by atoms with Gasteiger partial charge >= 0.3 is 18.5 Å². The summed E-state index contributed by atoms with van der Waals surface area (Å²) in [6, 6.07) is 0. The maximum atomic E-state index is 13.6. The zero-order valence-corrected chi connectivity index (χ0v) is 21.6. The third kappa shape index (κ3) is 19.8. The predicted molar refractivity (Wildman–Crippen MR) is 120 cm³/mol. The standard InChI is InChI=1S/C22H39F6NO10/c23-20(24,38-22(27,28)39-21(25,26)17-37-15-19(32)13-34-9-7-30)16-36-11-10-35-14-18(31)12-33-8-6-29-4-2-1-3-5-29/h18-19,30-32H,1-17H2. The highest BCUT2D eigenvalue weighted by molar-refractivity contribution is 4.64. The van der Waals surface area contributed by atoms with E-state index < -0.39 is 63.8 Å². The second-order valence-corrected chi connectivity index (χ2v) is 8.67. The number of nitrogens with zero attached hydrogens (tertiary/aromatic N) is 1. The van der Waals surface area contributed by atoms with Crippen LogP contribution in [0.2, 0.25) is 0 Å². The maximum Gasteiger partial charge on any atom is 0.495 e. The highest BCUT2D eigenvalue weighted by Crippen LogP contribution is 2.33. The molecule has 0 aromatic heterocycles. The van der Waals surface area contributed by atoms with Crippen LogP contribution in [0.1, 0.15) is 19.3 Å². The minimum Gasteiger partial charge on any atom is -0.394 e. The van der Waals surface area contributed by atoms with Gasteiger partial charge in [-0.25, -0.2) is 9.47 Å². The van der Waals surface area contributed by atoms with Crippen LogP contribution in [0.4, 0.5) is 26.3 Å². The first-order valence-corrected chi connectivity index (χ1v) is 12.5. The van der Waals surface area contributed by atoms with Crippen LogP contribution in [0.15, 0.2) is 0 Å². The molecule has 2 atom stereocenters. The van der Waals surface area contributed by atoms with Gasteiger partial charge in [-0.1, -0.05) is 6.42 Å². The van der Waals surface area contributed by atoms with Crippen LogP contribution in [0.25, 0.3) is 0 Å². The molecule has 1 rings (SSSR count). The summed E-state index contributed by atoms with van der Waals surface area (Å²) in [7, 11) is 0. The molecule has 234 valence electrons. The molecule has 1 aliphatic rings. The molecule has 3 N–H and O–H groups in total. The van der Waals surface area contributed by atoms with Crippen LogP contribution in [0.5, 0.6) is 0 Å². The van der Waals surface area contributed by atoms with E-state index in [0.717, 1.165) is 32.5 Å². The van der Waals surface area contributed by atoms with Crippen molar-refractivity contribution in [2.75, 3.05) is 92.3 Å².